The van der Waals surface area contributed by atoms with Crippen LogP contribution in [0.5, 0.6) is 0 Å². The maximum Gasteiger partial charge on any atom is 0.270 e. The van der Waals surface area contributed by atoms with Crippen LogP contribution in [0.25, 0.3) is 0 Å². The van der Waals surface area contributed by atoms with E-state index in [1.165, 1.54) is 5.56 Å². The van der Waals surface area contributed by atoms with Gasteiger partial charge in [0.1, 0.15) is 5.69 Å². The summed E-state index contributed by atoms with van der Waals surface area (Å²) >= 11 is 0. The van der Waals surface area contributed by atoms with Crippen molar-refractivity contribution in [2.45, 2.75) is 33.2 Å². The third-order valence-electron chi connectivity index (χ3n) is 4.52. The number of hydrogen-bond acceptors (Lipinski definition) is 4. The molecule has 5 heteroatoms. The van der Waals surface area contributed by atoms with Crippen molar-refractivity contribution in [3.63, 3.8) is 0 Å². The smallest absolute Gasteiger partial charge is 0.270 e. The molecular formula is C19H24N4O. The largest absolute Gasteiger partial charge is 0.347 e. The number of amides is 1. The molecule has 0 atom stereocenters. The highest BCUT2D eigenvalue weighted by atomic mass is 16.1. The third kappa shape index (κ3) is 4.10. The molecule has 0 unspecified atom stereocenters. The van der Waals surface area contributed by atoms with E-state index in [9.17, 15) is 4.79 Å². The number of hydrogen-bond donors (Lipinski definition) is 1. The van der Waals surface area contributed by atoms with E-state index in [2.05, 4.69) is 27.1 Å². The minimum Gasteiger partial charge on any atom is -0.347 e. The molecule has 1 aliphatic rings. The molecular weight excluding hydrogens is 300 g/mol. The highest BCUT2D eigenvalue weighted by Gasteiger charge is 2.19. The standard InChI is InChI=1S/C19H24N4O/c1-14-3-5-16(6-4-14)13-21-18(24)17-7-10-20-19(22-17)23-11-8-15(2)9-12-23/h3-7,10,15H,8-9,11-13H2,1-2H3,(H,21,24). The van der Waals surface area contributed by atoms with Gasteiger partial charge >= 0.3 is 0 Å². The Bertz CT molecular complexity index is 691. The van der Waals surface area contributed by atoms with Crippen molar-refractivity contribution in [2.24, 2.45) is 5.92 Å². The number of carbonyl (C=O) groups excluding carboxylic acids is 1. The van der Waals surface area contributed by atoms with Crippen molar-refractivity contribution in [2.75, 3.05) is 18.0 Å². The average molecular weight is 324 g/mol. The van der Waals surface area contributed by atoms with Crippen LogP contribution in [0.1, 0.15) is 41.4 Å². The van der Waals surface area contributed by atoms with E-state index >= 15 is 0 Å². The number of piperidine rings is 1. The predicted octanol–water partition coefficient (Wildman–Crippen LogP) is 2.95. The van der Waals surface area contributed by atoms with Crippen LogP contribution in [0.3, 0.4) is 0 Å². The summed E-state index contributed by atoms with van der Waals surface area (Å²) in [6.07, 6.45) is 3.96. The monoisotopic (exact) mass is 324 g/mol. The van der Waals surface area contributed by atoms with Gasteiger partial charge in [0.2, 0.25) is 5.95 Å². The Hall–Kier alpha value is -2.43. The maximum atomic E-state index is 12.4. The molecule has 0 radical (unpaired) electrons. The number of nitrogens with one attached hydrogen (secondary N) is 1. The lowest BCUT2D eigenvalue weighted by Crippen LogP contribution is -2.34. The first-order valence-corrected chi connectivity index (χ1v) is 8.53. The molecule has 1 amide bonds. The van der Waals surface area contributed by atoms with Crippen LogP contribution in [0.4, 0.5) is 5.95 Å². The number of carbonyl (C=O) groups is 1. The molecule has 0 bridgehead atoms. The van der Waals surface area contributed by atoms with Crippen LogP contribution in [0.2, 0.25) is 0 Å². The summed E-state index contributed by atoms with van der Waals surface area (Å²) in [6, 6.07) is 9.80. The van der Waals surface area contributed by atoms with Crippen molar-refractivity contribution in [1.82, 2.24) is 15.3 Å². The molecule has 1 fully saturated rings. The first-order chi connectivity index (χ1) is 11.6. The fourth-order valence-electron chi connectivity index (χ4n) is 2.81. The minimum atomic E-state index is -0.162. The molecule has 0 spiro atoms. The van der Waals surface area contributed by atoms with Crippen LogP contribution >= 0.6 is 0 Å². The van der Waals surface area contributed by atoms with Gasteiger partial charge in [-0.15, -0.1) is 0 Å². The van der Waals surface area contributed by atoms with Crippen molar-refractivity contribution < 1.29 is 4.79 Å². The number of benzene rings is 1. The lowest BCUT2D eigenvalue weighted by atomic mass is 10.00. The number of anilines is 1. The van der Waals surface area contributed by atoms with Gasteiger partial charge in [-0.05, 0) is 37.3 Å². The summed E-state index contributed by atoms with van der Waals surface area (Å²) in [4.78, 5) is 23.3. The SMILES string of the molecule is Cc1ccc(CNC(=O)c2ccnc(N3CCC(C)CC3)n2)cc1. The van der Waals surface area contributed by atoms with Crippen LogP contribution in [0.15, 0.2) is 36.5 Å². The number of rotatable bonds is 4. The Morgan fingerprint density at radius 3 is 2.62 bits per heavy atom. The lowest BCUT2D eigenvalue weighted by molar-refractivity contribution is 0.0946. The van der Waals surface area contributed by atoms with Crippen LogP contribution < -0.4 is 10.2 Å². The molecule has 1 aromatic heterocycles. The Labute approximate surface area is 143 Å². The van der Waals surface area contributed by atoms with Gasteiger partial charge < -0.3 is 10.2 Å². The molecule has 2 aromatic rings. The lowest BCUT2D eigenvalue weighted by Gasteiger charge is -2.30. The Balaban J connectivity index is 1.62. The molecule has 3 rings (SSSR count). The minimum absolute atomic E-state index is 0.162. The number of nitrogens with zero attached hydrogens (tertiary/aromatic N) is 3. The topological polar surface area (TPSA) is 58.1 Å². The second-order valence-electron chi connectivity index (χ2n) is 6.58. The van der Waals surface area contributed by atoms with Crippen molar-refractivity contribution in [1.29, 1.82) is 0 Å². The van der Waals surface area contributed by atoms with Crippen molar-refractivity contribution in [3.05, 3.63) is 53.3 Å². The highest BCUT2D eigenvalue weighted by molar-refractivity contribution is 5.92. The van der Waals surface area contributed by atoms with E-state index in [-0.39, 0.29) is 5.91 Å². The van der Waals surface area contributed by atoms with E-state index in [4.69, 9.17) is 0 Å². The maximum absolute atomic E-state index is 12.4. The van der Waals surface area contributed by atoms with Crippen molar-refractivity contribution >= 4 is 11.9 Å². The van der Waals surface area contributed by atoms with Gasteiger partial charge in [0.15, 0.2) is 0 Å². The molecule has 5 nitrogen and oxygen atoms in total. The van der Waals surface area contributed by atoms with Gasteiger partial charge in [0.25, 0.3) is 5.91 Å². The molecule has 24 heavy (non-hydrogen) atoms. The Kier molecular flexibility index (Phi) is 5.08. The van der Waals surface area contributed by atoms with Gasteiger partial charge in [-0.3, -0.25) is 4.79 Å². The summed E-state index contributed by atoms with van der Waals surface area (Å²) in [5, 5.41) is 2.92. The molecule has 0 aliphatic carbocycles. The summed E-state index contributed by atoms with van der Waals surface area (Å²) in [5.41, 5.74) is 2.71. The van der Waals surface area contributed by atoms with Crippen LogP contribution in [0, 0.1) is 12.8 Å². The molecule has 1 saturated heterocycles. The van der Waals surface area contributed by atoms with Crippen molar-refractivity contribution in [3.8, 4) is 0 Å². The first kappa shape index (κ1) is 16.4. The molecule has 126 valence electrons. The summed E-state index contributed by atoms with van der Waals surface area (Å²) < 4.78 is 0. The van der Waals surface area contributed by atoms with E-state index in [0.717, 1.165) is 37.4 Å². The summed E-state index contributed by atoms with van der Waals surface area (Å²) in [7, 11) is 0. The van der Waals surface area contributed by atoms with Gasteiger partial charge in [-0.25, -0.2) is 9.97 Å². The van der Waals surface area contributed by atoms with Gasteiger partial charge in [0, 0.05) is 25.8 Å². The van der Waals surface area contributed by atoms with Gasteiger partial charge in [-0.2, -0.15) is 0 Å². The second kappa shape index (κ2) is 7.43. The zero-order chi connectivity index (χ0) is 16.9. The van der Waals surface area contributed by atoms with E-state index in [1.54, 1.807) is 12.3 Å². The second-order valence-corrected chi connectivity index (χ2v) is 6.58. The van der Waals surface area contributed by atoms with Crippen LogP contribution in [-0.4, -0.2) is 29.0 Å². The van der Waals surface area contributed by atoms with Crippen LogP contribution in [-0.2, 0) is 6.54 Å². The summed E-state index contributed by atoms with van der Waals surface area (Å²) in [5.74, 6) is 1.25. The zero-order valence-corrected chi connectivity index (χ0v) is 14.3. The first-order valence-electron chi connectivity index (χ1n) is 8.53. The fraction of sp³-hybridized carbons (Fsp3) is 0.421. The molecule has 1 aromatic carbocycles. The summed E-state index contributed by atoms with van der Waals surface area (Å²) in [6.45, 7) is 6.73. The normalized spacial score (nSPS) is 15.3. The third-order valence-corrected chi connectivity index (χ3v) is 4.52. The average Bonchev–Trinajstić information content (AvgIpc) is 2.62. The number of aromatic nitrogens is 2. The number of aryl methyl sites for hydroxylation is 1. The van der Waals surface area contributed by atoms with Gasteiger partial charge in [0.05, 0.1) is 0 Å². The quantitative estimate of drug-likeness (QED) is 0.939. The molecule has 1 N–H and O–H groups in total. The fourth-order valence-corrected chi connectivity index (χ4v) is 2.81. The van der Waals surface area contributed by atoms with Gasteiger partial charge in [-0.1, -0.05) is 36.8 Å². The molecule has 1 aliphatic heterocycles. The Morgan fingerprint density at radius 2 is 1.92 bits per heavy atom. The van der Waals surface area contributed by atoms with E-state index in [1.807, 2.05) is 31.2 Å². The zero-order valence-electron chi connectivity index (χ0n) is 14.3. The predicted molar refractivity (Wildman–Crippen MR) is 95.0 cm³/mol. The van der Waals surface area contributed by atoms with E-state index < -0.39 is 0 Å². The van der Waals surface area contributed by atoms with E-state index in [0.29, 0.717) is 18.2 Å². The Morgan fingerprint density at radius 1 is 1.21 bits per heavy atom. The molecule has 2 heterocycles. The molecule has 0 saturated carbocycles. The highest BCUT2D eigenvalue weighted by Crippen LogP contribution is 2.19.